The van der Waals surface area contributed by atoms with Crippen molar-refractivity contribution in [1.29, 1.82) is 0 Å². The van der Waals surface area contributed by atoms with E-state index in [1.54, 1.807) is 0 Å². The molecule has 2 rings (SSSR count). The highest BCUT2D eigenvalue weighted by molar-refractivity contribution is 5.81. The Hall–Kier alpha value is -1.31. The van der Waals surface area contributed by atoms with E-state index in [0.717, 1.165) is 18.4 Å². The predicted octanol–water partition coefficient (Wildman–Crippen LogP) is 2.33. The van der Waals surface area contributed by atoms with Crippen molar-refractivity contribution in [3.63, 3.8) is 0 Å². The van der Waals surface area contributed by atoms with E-state index in [-0.39, 0.29) is 0 Å². The first-order valence-electron chi connectivity index (χ1n) is 4.12. The minimum Gasteiger partial charge on any atom is -0.278 e. The monoisotopic (exact) mass is 159 g/mol. The minimum absolute atomic E-state index is 0.935. The average molecular weight is 159 g/mol. The third kappa shape index (κ3) is 1.09. The van der Waals surface area contributed by atoms with Gasteiger partial charge in [-0.2, -0.15) is 5.10 Å². The van der Waals surface area contributed by atoms with Gasteiger partial charge in [-0.15, -0.1) is 0 Å². The quantitative estimate of drug-likeness (QED) is 0.715. The number of H-pyrrole nitrogens is 1. The molecule has 0 atom stereocenters. The molecule has 1 aromatic carbocycles. The van der Waals surface area contributed by atoms with Crippen molar-refractivity contribution in [3.8, 4) is 0 Å². The van der Waals surface area contributed by atoms with E-state index in [4.69, 9.17) is 0 Å². The highest BCUT2D eigenvalue weighted by Gasteiger charge is 1.99. The average Bonchev–Trinajstić information content (AvgIpc) is 2.53. The molecule has 2 heteroatoms. The zero-order valence-electron chi connectivity index (χ0n) is 6.88. The number of aromatic amines is 1. The SMILES string of the molecule is [CH2]CCc1cccc2[nH]ncc12. The van der Waals surface area contributed by atoms with E-state index in [9.17, 15) is 0 Å². The maximum atomic E-state index is 4.00. The van der Waals surface area contributed by atoms with Crippen LogP contribution in [0.3, 0.4) is 0 Å². The second-order valence-electron chi connectivity index (χ2n) is 2.85. The number of aromatic nitrogens is 2. The summed E-state index contributed by atoms with van der Waals surface area (Å²) in [4.78, 5) is 0. The highest BCUT2D eigenvalue weighted by atomic mass is 15.1. The molecular weight excluding hydrogens is 148 g/mol. The van der Waals surface area contributed by atoms with Crippen LogP contribution in [0, 0.1) is 6.92 Å². The molecule has 2 nitrogen and oxygen atoms in total. The van der Waals surface area contributed by atoms with Gasteiger partial charge in [0.25, 0.3) is 0 Å². The number of nitrogens with zero attached hydrogens (tertiary/aromatic N) is 1. The summed E-state index contributed by atoms with van der Waals surface area (Å²) in [5.41, 5.74) is 2.44. The third-order valence-corrected chi connectivity index (χ3v) is 2.02. The van der Waals surface area contributed by atoms with Crippen LogP contribution in [-0.4, -0.2) is 10.2 Å². The Labute approximate surface area is 71.6 Å². The van der Waals surface area contributed by atoms with Crippen molar-refractivity contribution in [2.75, 3.05) is 0 Å². The lowest BCUT2D eigenvalue weighted by molar-refractivity contribution is 1.01. The molecule has 0 saturated heterocycles. The molecule has 0 saturated carbocycles. The fourth-order valence-electron chi connectivity index (χ4n) is 1.44. The lowest BCUT2D eigenvalue weighted by Crippen LogP contribution is -1.82. The molecule has 1 radical (unpaired) electrons. The van der Waals surface area contributed by atoms with Gasteiger partial charge >= 0.3 is 0 Å². The summed E-state index contributed by atoms with van der Waals surface area (Å²) in [5, 5.41) is 8.17. The Morgan fingerprint density at radius 2 is 2.33 bits per heavy atom. The van der Waals surface area contributed by atoms with Crippen LogP contribution in [0.15, 0.2) is 24.4 Å². The maximum Gasteiger partial charge on any atom is 0.0653 e. The molecule has 1 N–H and O–H groups in total. The number of hydrogen-bond acceptors (Lipinski definition) is 1. The van der Waals surface area contributed by atoms with Gasteiger partial charge in [-0.1, -0.05) is 19.1 Å². The van der Waals surface area contributed by atoms with Gasteiger partial charge in [0.05, 0.1) is 11.7 Å². The van der Waals surface area contributed by atoms with Crippen molar-refractivity contribution in [3.05, 3.63) is 36.9 Å². The zero-order chi connectivity index (χ0) is 8.39. The van der Waals surface area contributed by atoms with Crippen molar-refractivity contribution < 1.29 is 0 Å². The molecule has 2 aromatic rings. The van der Waals surface area contributed by atoms with Crippen LogP contribution in [0.2, 0.25) is 0 Å². The van der Waals surface area contributed by atoms with Gasteiger partial charge in [-0.05, 0) is 24.5 Å². The lowest BCUT2D eigenvalue weighted by Gasteiger charge is -1.98. The number of benzene rings is 1. The van der Waals surface area contributed by atoms with Gasteiger partial charge in [0.1, 0.15) is 0 Å². The number of nitrogens with one attached hydrogen (secondary N) is 1. The molecule has 0 aliphatic heterocycles. The molecule has 12 heavy (non-hydrogen) atoms. The van der Waals surface area contributed by atoms with Crippen molar-refractivity contribution in [1.82, 2.24) is 10.2 Å². The highest BCUT2D eigenvalue weighted by Crippen LogP contribution is 2.16. The molecule has 1 heterocycles. The Morgan fingerprint density at radius 1 is 1.42 bits per heavy atom. The first-order chi connectivity index (χ1) is 5.92. The van der Waals surface area contributed by atoms with Crippen molar-refractivity contribution in [2.45, 2.75) is 12.8 Å². The molecular formula is C10H11N2. The Kier molecular flexibility index (Phi) is 1.82. The number of aryl methyl sites for hydroxylation is 1. The summed E-state index contributed by atoms with van der Waals surface area (Å²) in [7, 11) is 0. The first kappa shape index (κ1) is 7.35. The molecule has 1 aromatic heterocycles. The molecule has 0 amide bonds. The topological polar surface area (TPSA) is 28.7 Å². The number of fused-ring (bicyclic) bond motifs is 1. The molecule has 0 spiro atoms. The second-order valence-corrected chi connectivity index (χ2v) is 2.85. The largest absolute Gasteiger partial charge is 0.278 e. The van der Waals surface area contributed by atoms with Crippen LogP contribution in [-0.2, 0) is 6.42 Å². The number of rotatable bonds is 2. The molecule has 0 aliphatic carbocycles. The van der Waals surface area contributed by atoms with Crippen LogP contribution in [0.1, 0.15) is 12.0 Å². The van der Waals surface area contributed by atoms with E-state index >= 15 is 0 Å². The Balaban J connectivity index is 2.57. The smallest absolute Gasteiger partial charge is 0.0653 e. The van der Waals surface area contributed by atoms with E-state index in [2.05, 4.69) is 23.2 Å². The Morgan fingerprint density at radius 3 is 3.17 bits per heavy atom. The molecule has 61 valence electrons. The molecule has 0 aliphatic rings. The summed E-state index contributed by atoms with van der Waals surface area (Å²) < 4.78 is 0. The predicted molar refractivity (Wildman–Crippen MR) is 49.8 cm³/mol. The van der Waals surface area contributed by atoms with E-state index in [0.29, 0.717) is 0 Å². The minimum atomic E-state index is 0.935. The van der Waals surface area contributed by atoms with Gasteiger partial charge in [0.2, 0.25) is 0 Å². The van der Waals surface area contributed by atoms with Gasteiger partial charge in [-0.3, -0.25) is 5.10 Å². The summed E-state index contributed by atoms with van der Waals surface area (Å²) in [6, 6.07) is 6.21. The van der Waals surface area contributed by atoms with E-state index in [1.807, 2.05) is 18.3 Å². The number of hydrogen-bond donors (Lipinski definition) is 1. The Bertz CT molecular complexity index is 376. The zero-order valence-corrected chi connectivity index (χ0v) is 6.88. The van der Waals surface area contributed by atoms with Gasteiger partial charge in [0.15, 0.2) is 0 Å². The molecule has 0 fully saturated rings. The van der Waals surface area contributed by atoms with Crippen LogP contribution in [0.25, 0.3) is 10.9 Å². The van der Waals surface area contributed by atoms with Crippen LogP contribution >= 0.6 is 0 Å². The van der Waals surface area contributed by atoms with Crippen LogP contribution < -0.4 is 0 Å². The summed E-state index contributed by atoms with van der Waals surface area (Å²) in [6.45, 7) is 3.84. The first-order valence-corrected chi connectivity index (χ1v) is 4.12. The van der Waals surface area contributed by atoms with E-state index < -0.39 is 0 Å². The maximum absolute atomic E-state index is 4.00. The summed E-state index contributed by atoms with van der Waals surface area (Å²) >= 11 is 0. The molecule has 0 bridgehead atoms. The van der Waals surface area contributed by atoms with E-state index in [1.165, 1.54) is 10.9 Å². The van der Waals surface area contributed by atoms with Gasteiger partial charge in [-0.25, -0.2) is 0 Å². The van der Waals surface area contributed by atoms with Crippen LogP contribution in [0.5, 0.6) is 0 Å². The van der Waals surface area contributed by atoms with Gasteiger partial charge in [0, 0.05) is 5.39 Å². The van der Waals surface area contributed by atoms with Crippen LogP contribution in [0.4, 0.5) is 0 Å². The summed E-state index contributed by atoms with van der Waals surface area (Å²) in [5.74, 6) is 0. The fraction of sp³-hybridized carbons (Fsp3) is 0.200. The molecule has 0 unspecified atom stereocenters. The van der Waals surface area contributed by atoms with Crippen molar-refractivity contribution >= 4 is 10.9 Å². The second kappa shape index (κ2) is 2.97. The van der Waals surface area contributed by atoms with Crippen molar-refractivity contribution in [2.24, 2.45) is 0 Å². The lowest BCUT2D eigenvalue weighted by atomic mass is 10.1. The summed E-state index contributed by atoms with van der Waals surface area (Å²) in [6.07, 6.45) is 3.83. The van der Waals surface area contributed by atoms with Gasteiger partial charge < -0.3 is 0 Å². The normalized spacial score (nSPS) is 10.8. The standard InChI is InChI=1S/C10H11N2/c1-2-4-8-5-3-6-10-9(8)7-11-12-10/h3,5-7H,1-2,4H2,(H,11,12). The fourth-order valence-corrected chi connectivity index (χ4v) is 1.44. The third-order valence-electron chi connectivity index (χ3n) is 2.02.